The Morgan fingerprint density at radius 2 is 1.91 bits per heavy atom. The molecule has 3 heteroatoms. The Morgan fingerprint density at radius 3 is 2.65 bits per heavy atom. The SMILES string of the molecule is Cc1cccnc1[C@H](C)c1c(CCN(C)C)sc2ccccc12. The lowest BCUT2D eigenvalue weighted by Gasteiger charge is -2.16. The van der Waals surface area contributed by atoms with Crippen molar-refractivity contribution < 1.29 is 0 Å². The molecule has 0 radical (unpaired) electrons. The first-order valence-electron chi connectivity index (χ1n) is 8.14. The lowest BCUT2D eigenvalue weighted by molar-refractivity contribution is 0.414. The topological polar surface area (TPSA) is 16.1 Å². The molecule has 0 fully saturated rings. The van der Waals surface area contributed by atoms with Crippen LogP contribution in [0.15, 0.2) is 42.6 Å². The zero-order valence-corrected chi connectivity index (χ0v) is 15.2. The first-order chi connectivity index (χ1) is 11.1. The van der Waals surface area contributed by atoms with E-state index in [1.54, 1.807) is 0 Å². The van der Waals surface area contributed by atoms with E-state index in [2.05, 4.69) is 68.2 Å². The number of pyridine rings is 1. The van der Waals surface area contributed by atoms with Gasteiger partial charge in [0.05, 0.1) is 5.69 Å². The van der Waals surface area contributed by atoms with E-state index in [1.807, 2.05) is 23.6 Å². The lowest BCUT2D eigenvalue weighted by atomic mass is 9.91. The minimum absolute atomic E-state index is 0.324. The molecule has 2 nitrogen and oxygen atoms in total. The lowest BCUT2D eigenvalue weighted by Crippen LogP contribution is -2.15. The number of hydrogen-bond acceptors (Lipinski definition) is 3. The monoisotopic (exact) mass is 324 g/mol. The molecular formula is C20H24N2S. The van der Waals surface area contributed by atoms with Crippen LogP contribution in [-0.2, 0) is 6.42 Å². The second-order valence-electron chi connectivity index (χ2n) is 6.42. The van der Waals surface area contributed by atoms with Crippen molar-refractivity contribution in [1.29, 1.82) is 0 Å². The first kappa shape index (κ1) is 16.2. The van der Waals surface area contributed by atoms with Crippen molar-refractivity contribution in [2.24, 2.45) is 0 Å². The highest BCUT2D eigenvalue weighted by Crippen LogP contribution is 2.39. The molecule has 23 heavy (non-hydrogen) atoms. The molecule has 0 N–H and O–H groups in total. The molecule has 1 atom stereocenters. The molecular weight excluding hydrogens is 300 g/mol. The van der Waals surface area contributed by atoms with Crippen LogP contribution in [0.4, 0.5) is 0 Å². The molecule has 0 aliphatic rings. The fourth-order valence-corrected chi connectivity index (χ4v) is 4.48. The third-order valence-corrected chi connectivity index (χ3v) is 5.64. The van der Waals surface area contributed by atoms with E-state index in [4.69, 9.17) is 0 Å². The Morgan fingerprint density at radius 1 is 1.13 bits per heavy atom. The van der Waals surface area contributed by atoms with E-state index in [1.165, 1.54) is 31.8 Å². The van der Waals surface area contributed by atoms with Gasteiger partial charge in [0.1, 0.15) is 0 Å². The number of hydrogen-bond donors (Lipinski definition) is 0. The Hall–Kier alpha value is -1.71. The first-order valence-corrected chi connectivity index (χ1v) is 8.96. The van der Waals surface area contributed by atoms with Crippen molar-refractivity contribution in [3.05, 3.63) is 64.3 Å². The highest BCUT2D eigenvalue weighted by atomic mass is 32.1. The minimum Gasteiger partial charge on any atom is -0.309 e. The van der Waals surface area contributed by atoms with E-state index in [9.17, 15) is 0 Å². The van der Waals surface area contributed by atoms with Gasteiger partial charge in [0.15, 0.2) is 0 Å². The van der Waals surface area contributed by atoms with Gasteiger partial charge >= 0.3 is 0 Å². The Bertz CT molecular complexity index is 804. The number of fused-ring (bicyclic) bond motifs is 1. The van der Waals surface area contributed by atoms with E-state index in [0.29, 0.717) is 5.92 Å². The Labute approximate surface area is 142 Å². The molecule has 0 aliphatic carbocycles. The summed E-state index contributed by atoms with van der Waals surface area (Å²) in [6.45, 7) is 5.53. The third kappa shape index (κ3) is 3.31. The van der Waals surface area contributed by atoms with Gasteiger partial charge in [0.2, 0.25) is 0 Å². The second-order valence-corrected chi connectivity index (χ2v) is 7.55. The van der Waals surface area contributed by atoms with Crippen molar-refractivity contribution in [2.45, 2.75) is 26.2 Å². The van der Waals surface area contributed by atoms with Crippen LogP contribution in [0.25, 0.3) is 10.1 Å². The van der Waals surface area contributed by atoms with E-state index in [-0.39, 0.29) is 0 Å². The van der Waals surface area contributed by atoms with E-state index < -0.39 is 0 Å². The molecule has 1 aromatic carbocycles. The molecule has 3 aromatic rings. The maximum Gasteiger partial charge on any atom is 0.0505 e. The summed E-state index contributed by atoms with van der Waals surface area (Å²) in [6.07, 6.45) is 3.00. The average molecular weight is 324 g/mol. The summed E-state index contributed by atoms with van der Waals surface area (Å²) in [7, 11) is 4.28. The van der Waals surface area contributed by atoms with Gasteiger partial charge in [-0.3, -0.25) is 4.98 Å². The summed E-state index contributed by atoms with van der Waals surface area (Å²) in [6, 6.07) is 13.0. The van der Waals surface area contributed by atoms with Gasteiger partial charge in [0.25, 0.3) is 0 Å². The largest absolute Gasteiger partial charge is 0.309 e. The highest BCUT2D eigenvalue weighted by Gasteiger charge is 2.21. The number of likely N-dealkylation sites (N-methyl/N-ethyl adjacent to an activating group) is 1. The predicted octanol–water partition coefficient (Wildman–Crippen LogP) is 4.86. The fourth-order valence-electron chi connectivity index (χ4n) is 3.19. The Kier molecular flexibility index (Phi) is 4.79. The molecule has 0 aliphatic heterocycles. The summed E-state index contributed by atoms with van der Waals surface area (Å²) >= 11 is 1.94. The number of nitrogens with zero attached hydrogens (tertiary/aromatic N) is 2. The van der Waals surface area contributed by atoms with Gasteiger partial charge in [-0.1, -0.05) is 31.2 Å². The van der Waals surface area contributed by atoms with Crippen LogP contribution < -0.4 is 0 Å². The van der Waals surface area contributed by atoms with Crippen LogP contribution >= 0.6 is 11.3 Å². The molecule has 0 amide bonds. The maximum atomic E-state index is 4.67. The van der Waals surface area contributed by atoms with Gasteiger partial charge in [-0.15, -0.1) is 11.3 Å². The molecule has 2 heterocycles. The smallest absolute Gasteiger partial charge is 0.0505 e. The van der Waals surface area contributed by atoms with Gasteiger partial charge in [-0.05, 0) is 56.1 Å². The molecule has 0 saturated carbocycles. The predicted molar refractivity (Wildman–Crippen MR) is 101 cm³/mol. The molecule has 2 aromatic heterocycles. The fraction of sp³-hybridized carbons (Fsp3) is 0.350. The highest BCUT2D eigenvalue weighted by molar-refractivity contribution is 7.19. The Balaban J connectivity index is 2.10. The van der Waals surface area contributed by atoms with Gasteiger partial charge < -0.3 is 4.90 Å². The summed E-state index contributed by atoms with van der Waals surface area (Å²) in [4.78, 5) is 8.42. The zero-order valence-electron chi connectivity index (χ0n) is 14.3. The maximum absolute atomic E-state index is 4.67. The van der Waals surface area contributed by atoms with E-state index >= 15 is 0 Å². The van der Waals surface area contributed by atoms with Crippen molar-refractivity contribution in [2.75, 3.05) is 20.6 Å². The van der Waals surface area contributed by atoms with Crippen LogP contribution in [0.3, 0.4) is 0 Å². The van der Waals surface area contributed by atoms with Gasteiger partial charge in [-0.25, -0.2) is 0 Å². The van der Waals surface area contributed by atoms with Crippen LogP contribution in [0, 0.1) is 6.92 Å². The third-order valence-electron chi connectivity index (χ3n) is 4.39. The van der Waals surface area contributed by atoms with Crippen molar-refractivity contribution in [3.63, 3.8) is 0 Å². The van der Waals surface area contributed by atoms with Gasteiger partial charge in [-0.2, -0.15) is 0 Å². The number of rotatable bonds is 5. The number of aryl methyl sites for hydroxylation is 1. The normalized spacial score (nSPS) is 12.9. The van der Waals surface area contributed by atoms with Crippen molar-refractivity contribution >= 4 is 21.4 Å². The number of thiophene rings is 1. The number of aromatic nitrogens is 1. The van der Waals surface area contributed by atoms with Crippen LogP contribution in [0.2, 0.25) is 0 Å². The van der Waals surface area contributed by atoms with Crippen molar-refractivity contribution in [1.82, 2.24) is 9.88 Å². The molecule has 0 saturated heterocycles. The average Bonchev–Trinajstić information content (AvgIpc) is 2.91. The summed E-state index contributed by atoms with van der Waals surface area (Å²) in [5.74, 6) is 0.324. The molecule has 0 bridgehead atoms. The molecule has 0 spiro atoms. The molecule has 0 unspecified atom stereocenters. The number of benzene rings is 1. The minimum atomic E-state index is 0.324. The second kappa shape index (κ2) is 6.81. The van der Waals surface area contributed by atoms with Crippen molar-refractivity contribution in [3.8, 4) is 0 Å². The van der Waals surface area contributed by atoms with Gasteiger partial charge in [0, 0.05) is 28.2 Å². The van der Waals surface area contributed by atoms with Crippen LogP contribution in [-0.4, -0.2) is 30.5 Å². The molecule has 120 valence electrons. The summed E-state index contributed by atoms with van der Waals surface area (Å²) < 4.78 is 1.39. The van der Waals surface area contributed by atoms with Crippen LogP contribution in [0.5, 0.6) is 0 Å². The zero-order chi connectivity index (χ0) is 16.4. The van der Waals surface area contributed by atoms with Crippen LogP contribution in [0.1, 0.15) is 34.5 Å². The van der Waals surface area contributed by atoms with E-state index in [0.717, 1.165) is 13.0 Å². The summed E-state index contributed by atoms with van der Waals surface area (Å²) in [5.41, 5.74) is 3.94. The summed E-state index contributed by atoms with van der Waals surface area (Å²) in [5, 5.41) is 1.39. The molecule has 3 rings (SSSR count). The standard InChI is InChI=1S/C20H24N2S/c1-14-8-7-12-21-20(14)15(2)19-16-9-5-6-10-17(16)23-18(19)11-13-22(3)4/h5-10,12,15H,11,13H2,1-4H3/t15-/m1/s1. The quantitative estimate of drug-likeness (QED) is 0.666.